The molecule has 2 aliphatic rings. The van der Waals surface area contributed by atoms with Crippen molar-refractivity contribution in [3.05, 3.63) is 48.0 Å². The first kappa shape index (κ1) is 20.5. The summed E-state index contributed by atoms with van der Waals surface area (Å²) in [5.41, 5.74) is 3.33. The van der Waals surface area contributed by atoms with Gasteiger partial charge in [0.25, 0.3) is 0 Å². The number of hydrogen-bond acceptors (Lipinski definition) is 5. The third kappa shape index (κ3) is 5.25. The fraction of sp³-hybridized carbons (Fsp3) is 0.458. The fourth-order valence-electron chi connectivity index (χ4n) is 4.10. The van der Waals surface area contributed by atoms with Crippen LogP contribution in [-0.2, 0) is 11.2 Å². The Morgan fingerprint density at radius 1 is 0.967 bits per heavy atom. The standard InChI is InChI=1S/C24H31N3O3/c1-29-21-6-4-5-20(17-21)27-14-12-26(13-15-27)11-2-3-16-30-22-9-7-19-8-10-24(28)25-23(19)18-22/h4-7,9,17-18H,2-3,8,10-16H2,1H3,(H,25,28). The van der Waals surface area contributed by atoms with Crippen LogP contribution >= 0.6 is 0 Å². The van der Waals surface area contributed by atoms with Gasteiger partial charge in [0.2, 0.25) is 5.91 Å². The number of rotatable bonds is 8. The summed E-state index contributed by atoms with van der Waals surface area (Å²) in [4.78, 5) is 16.5. The lowest BCUT2D eigenvalue weighted by Gasteiger charge is -2.36. The van der Waals surface area contributed by atoms with Crippen molar-refractivity contribution in [1.29, 1.82) is 0 Å². The zero-order valence-corrected chi connectivity index (χ0v) is 17.7. The van der Waals surface area contributed by atoms with Gasteiger partial charge in [-0.2, -0.15) is 0 Å². The van der Waals surface area contributed by atoms with Crippen LogP contribution in [0.5, 0.6) is 11.5 Å². The highest BCUT2D eigenvalue weighted by atomic mass is 16.5. The Bertz CT molecular complexity index is 863. The number of hydrogen-bond donors (Lipinski definition) is 1. The minimum absolute atomic E-state index is 0.0890. The van der Waals surface area contributed by atoms with Gasteiger partial charge in [0.05, 0.1) is 13.7 Å². The highest BCUT2D eigenvalue weighted by Crippen LogP contribution is 2.27. The van der Waals surface area contributed by atoms with Crippen molar-refractivity contribution in [2.24, 2.45) is 0 Å². The summed E-state index contributed by atoms with van der Waals surface area (Å²) in [7, 11) is 1.71. The van der Waals surface area contributed by atoms with Gasteiger partial charge in [-0.3, -0.25) is 9.69 Å². The summed E-state index contributed by atoms with van der Waals surface area (Å²) in [5, 5.41) is 2.93. The van der Waals surface area contributed by atoms with Crippen LogP contribution in [0.3, 0.4) is 0 Å². The van der Waals surface area contributed by atoms with E-state index in [9.17, 15) is 4.79 Å². The summed E-state index contributed by atoms with van der Waals surface area (Å²) in [6.07, 6.45) is 3.54. The van der Waals surface area contributed by atoms with Gasteiger partial charge >= 0.3 is 0 Å². The highest BCUT2D eigenvalue weighted by molar-refractivity contribution is 5.94. The Labute approximate surface area is 178 Å². The number of carbonyl (C=O) groups is 1. The van der Waals surface area contributed by atoms with E-state index in [1.54, 1.807) is 7.11 Å². The average Bonchev–Trinajstić information content (AvgIpc) is 2.79. The Kier molecular flexibility index (Phi) is 6.74. The summed E-state index contributed by atoms with van der Waals surface area (Å²) >= 11 is 0. The number of nitrogens with one attached hydrogen (secondary N) is 1. The normalized spacial score (nSPS) is 16.7. The van der Waals surface area contributed by atoms with E-state index in [0.717, 1.165) is 69.2 Å². The van der Waals surface area contributed by atoms with Crippen LogP contribution in [0, 0.1) is 0 Å². The third-order valence-corrected chi connectivity index (χ3v) is 5.90. The monoisotopic (exact) mass is 409 g/mol. The highest BCUT2D eigenvalue weighted by Gasteiger charge is 2.17. The van der Waals surface area contributed by atoms with Gasteiger partial charge in [0, 0.05) is 56.1 Å². The molecule has 0 radical (unpaired) electrons. The molecule has 4 rings (SSSR count). The lowest BCUT2D eigenvalue weighted by molar-refractivity contribution is -0.116. The first-order valence-corrected chi connectivity index (χ1v) is 10.9. The van der Waals surface area contributed by atoms with Crippen LogP contribution in [0.25, 0.3) is 0 Å². The third-order valence-electron chi connectivity index (χ3n) is 5.90. The first-order valence-electron chi connectivity index (χ1n) is 10.9. The lowest BCUT2D eigenvalue weighted by Crippen LogP contribution is -2.46. The van der Waals surface area contributed by atoms with Gasteiger partial charge in [-0.25, -0.2) is 0 Å². The van der Waals surface area contributed by atoms with Crippen molar-refractivity contribution in [1.82, 2.24) is 4.90 Å². The van der Waals surface area contributed by atoms with Gasteiger partial charge in [0.1, 0.15) is 11.5 Å². The summed E-state index contributed by atoms with van der Waals surface area (Å²) in [5.74, 6) is 1.84. The van der Waals surface area contributed by atoms with Crippen molar-refractivity contribution in [3.8, 4) is 11.5 Å². The van der Waals surface area contributed by atoms with E-state index in [1.807, 2.05) is 18.2 Å². The number of unbranched alkanes of at least 4 members (excludes halogenated alkanes) is 1. The number of benzene rings is 2. The van der Waals surface area contributed by atoms with Gasteiger partial charge in [-0.1, -0.05) is 12.1 Å². The SMILES string of the molecule is COc1cccc(N2CCN(CCCCOc3ccc4c(c3)NC(=O)CC4)CC2)c1. The van der Waals surface area contributed by atoms with E-state index < -0.39 is 0 Å². The molecule has 1 N–H and O–H groups in total. The van der Waals surface area contributed by atoms with Crippen LogP contribution in [0.15, 0.2) is 42.5 Å². The van der Waals surface area contributed by atoms with Crippen molar-refractivity contribution >= 4 is 17.3 Å². The Morgan fingerprint density at radius 3 is 2.67 bits per heavy atom. The number of aryl methyl sites for hydroxylation is 1. The number of anilines is 2. The predicted molar refractivity (Wildman–Crippen MR) is 120 cm³/mol. The Balaban J connectivity index is 1.14. The predicted octanol–water partition coefficient (Wildman–Crippen LogP) is 3.56. The molecule has 2 aromatic rings. The summed E-state index contributed by atoms with van der Waals surface area (Å²) in [6, 6.07) is 14.3. The molecule has 0 aliphatic carbocycles. The molecule has 1 fully saturated rings. The molecule has 0 aromatic heterocycles. The zero-order valence-electron chi connectivity index (χ0n) is 17.7. The van der Waals surface area contributed by atoms with Crippen LogP contribution in [0.4, 0.5) is 11.4 Å². The van der Waals surface area contributed by atoms with Gasteiger partial charge in [0.15, 0.2) is 0 Å². The molecule has 0 saturated carbocycles. The number of amides is 1. The molecule has 0 atom stereocenters. The molecule has 0 spiro atoms. The molecule has 0 bridgehead atoms. The van der Waals surface area contributed by atoms with Gasteiger partial charge in [-0.15, -0.1) is 0 Å². The number of nitrogens with zero attached hydrogens (tertiary/aromatic N) is 2. The molecule has 2 heterocycles. The maximum absolute atomic E-state index is 11.6. The smallest absolute Gasteiger partial charge is 0.224 e. The lowest BCUT2D eigenvalue weighted by atomic mass is 10.0. The number of carbonyl (C=O) groups excluding carboxylic acids is 1. The minimum Gasteiger partial charge on any atom is -0.497 e. The minimum atomic E-state index is 0.0890. The van der Waals surface area contributed by atoms with E-state index >= 15 is 0 Å². The van der Waals surface area contributed by atoms with Crippen LogP contribution in [-0.4, -0.2) is 57.2 Å². The number of methoxy groups -OCH3 is 1. The second-order valence-corrected chi connectivity index (χ2v) is 7.95. The zero-order chi connectivity index (χ0) is 20.8. The van der Waals surface area contributed by atoms with Crippen molar-refractivity contribution in [2.45, 2.75) is 25.7 Å². The molecule has 1 saturated heterocycles. The van der Waals surface area contributed by atoms with Crippen LogP contribution in [0.1, 0.15) is 24.8 Å². The van der Waals surface area contributed by atoms with Crippen molar-refractivity contribution in [2.75, 3.05) is 56.7 Å². The Hall–Kier alpha value is -2.73. The molecule has 1 amide bonds. The maximum atomic E-state index is 11.6. The molecule has 6 nitrogen and oxygen atoms in total. The molecule has 2 aromatic carbocycles. The fourth-order valence-corrected chi connectivity index (χ4v) is 4.10. The molecular formula is C24H31N3O3. The second kappa shape index (κ2) is 9.85. The van der Waals surface area contributed by atoms with Gasteiger partial charge < -0.3 is 19.7 Å². The number of piperazine rings is 1. The van der Waals surface area contributed by atoms with Crippen molar-refractivity contribution < 1.29 is 14.3 Å². The molecule has 160 valence electrons. The second-order valence-electron chi connectivity index (χ2n) is 7.95. The molecule has 2 aliphatic heterocycles. The van der Waals surface area contributed by atoms with Crippen LogP contribution in [0.2, 0.25) is 0 Å². The largest absolute Gasteiger partial charge is 0.497 e. The first-order chi connectivity index (χ1) is 14.7. The molecular weight excluding hydrogens is 378 g/mol. The van der Waals surface area contributed by atoms with E-state index in [-0.39, 0.29) is 5.91 Å². The van der Waals surface area contributed by atoms with Crippen molar-refractivity contribution in [3.63, 3.8) is 0 Å². The van der Waals surface area contributed by atoms with E-state index in [2.05, 4.69) is 39.4 Å². The molecule has 30 heavy (non-hydrogen) atoms. The topological polar surface area (TPSA) is 54.0 Å². The van der Waals surface area contributed by atoms with E-state index in [4.69, 9.17) is 9.47 Å². The summed E-state index contributed by atoms with van der Waals surface area (Å²) in [6.45, 7) is 6.08. The molecule has 6 heteroatoms. The quantitative estimate of drug-likeness (QED) is 0.676. The molecule has 0 unspecified atom stereocenters. The Morgan fingerprint density at radius 2 is 1.83 bits per heavy atom. The summed E-state index contributed by atoms with van der Waals surface area (Å²) < 4.78 is 11.2. The number of fused-ring (bicyclic) bond motifs is 1. The average molecular weight is 410 g/mol. The van der Waals surface area contributed by atoms with E-state index in [1.165, 1.54) is 11.3 Å². The van der Waals surface area contributed by atoms with E-state index in [0.29, 0.717) is 13.0 Å². The van der Waals surface area contributed by atoms with Crippen LogP contribution < -0.4 is 19.7 Å². The number of ether oxygens (including phenoxy) is 2. The van der Waals surface area contributed by atoms with Gasteiger partial charge in [-0.05, 0) is 49.6 Å². The maximum Gasteiger partial charge on any atom is 0.224 e.